The molecule has 70 valence electrons. The highest BCUT2D eigenvalue weighted by Crippen LogP contribution is 2.28. The zero-order chi connectivity index (χ0) is 9.35. The molecule has 2 N–H and O–H groups in total. The molecule has 1 amide bonds. The van der Waals surface area contributed by atoms with Gasteiger partial charge in [-0.3, -0.25) is 4.79 Å². The third kappa shape index (κ3) is 1.69. The number of halogens is 3. The van der Waals surface area contributed by atoms with Crippen molar-refractivity contribution >= 4 is 5.91 Å². The van der Waals surface area contributed by atoms with Gasteiger partial charge in [-0.1, -0.05) is 0 Å². The standard InChI is InChI=1S/C6H8F3NO2/c7-6(8,9)4(11)3-1-2-10-5(3)12/h3-4,11H,1-2H2,(H,10,12)/t3-,4-/m0/s1. The molecule has 1 rings (SSSR count). The van der Waals surface area contributed by atoms with Crippen molar-refractivity contribution in [2.45, 2.75) is 18.7 Å². The van der Waals surface area contributed by atoms with Crippen LogP contribution in [0.3, 0.4) is 0 Å². The number of hydrogen-bond donors (Lipinski definition) is 2. The fourth-order valence-corrected chi connectivity index (χ4v) is 1.14. The van der Waals surface area contributed by atoms with E-state index in [1.165, 1.54) is 0 Å². The minimum atomic E-state index is -4.70. The van der Waals surface area contributed by atoms with E-state index in [-0.39, 0.29) is 13.0 Å². The summed E-state index contributed by atoms with van der Waals surface area (Å²) in [5.41, 5.74) is 0. The van der Waals surface area contributed by atoms with Gasteiger partial charge in [0.15, 0.2) is 6.10 Å². The van der Waals surface area contributed by atoms with Gasteiger partial charge in [-0.05, 0) is 6.42 Å². The minimum absolute atomic E-state index is 0.0412. The lowest BCUT2D eigenvalue weighted by atomic mass is 10.0. The largest absolute Gasteiger partial charge is 0.415 e. The van der Waals surface area contributed by atoms with E-state index in [1.54, 1.807) is 0 Å². The summed E-state index contributed by atoms with van der Waals surface area (Å²) in [5, 5.41) is 10.9. The molecule has 0 aromatic carbocycles. The maximum atomic E-state index is 11.8. The van der Waals surface area contributed by atoms with Gasteiger partial charge >= 0.3 is 6.18 Å². The molecule has 6 heteroatoms. The van der Waals surface area contributed by atoms with Crippen LogP contribution >= 0.6 is 0 Å². The lowest BCUT2D eigenvalue weighted by molar-refractivity contribution is -0.217. The van der Waals surface area contributed by atoms with Crippen LogP contribution in [0.1, 0.15) is 6.42 Å². The normalized spacial score (nSPS) is 27.0. The van der Waals surface area contributed by atoms with E-state index in [2.05, 4.69) is 5.32 Å². The molecule has 1 fully saturated rings. The molecule has 0 spiro atoms. The van der Waals surface area contributed by atoms with Gasteiger partial charge in [-0.2, -0.15) is 13.2 Å². The van der Waals surface area contributed by atoms with Crippen LogP contribution in [0.4, 0.5) is 13.2 Å². The van der Waals surface area contributed by atoms with E-state index in [0.29, 0.717) is 0 Å². The first-order chi connectivity index (χ1) is 5.43. The highest BCUT2D eigenvalue weighted by Gasteiger charge is 2.47. The summed E-state index contributed by atoms with van der Waals surface area (Å²) >= 11 is 0. The van der Waals surface area contributed by atoms with Crippen molar-refractivity contribution in [3.05, 3.63) is 0 Å². The van der Waals surface area contributed by atoms with Crippen molar-refractivity contribution in [3.8, 4) is 0 Å². The van der Waals surface area contributed by atoms with Gasteiger partial charge < -0.3 is 10.4 Å². The molecule has 2 atom stereocenters. The first-order valence-electron chi connectivity index (χ1n) is 3.45. The third-order valence-corrected chi connectivity index (χ3v) is 1.81. The van der Waals surface area contributed by atoms with Crippen molar-refractivity contribution in [2.75, 3.05) is 6.54 Å². The van der Waals surface area contributed by atoms with E-state index < -0.39 is 24.1 Å². The van der Waals surface area contributed by atoms with Gasteiger partial charge in [-0.25, -0.2) is 0 Å². The summed E-state index contributed by atoms with van der Waals surface area (Å²) in [6, 6.07) is 0. The minimum Gasteiger partial charge on any atom is -0.383 e. The smallest absolute Gasteiger partial charge is 0.383 e. The predicted octanol–water partition coefficient (Wildman–Crippen LogP) is 0.0457. The number of nitrogens with one attached hydrogen (secondary N) is 1. The van der Waals surface area contributed by atoms with Gasteiger partial charge in [-0.15, -0.1) is 0 Å². The Balaban J connectivity index is 2.63. The number of rotatable bonds is 1. The van der Waals surface area contributed by atoms with Crippen LogP contribution in [0.5, 0.6) is 0 Å². The Morgan fingerprint density at radius 3 is 2.50 bits per heavy atom. The topological polar surface area (TPSA) is 49.3 Å². The molecule has 0 unspecified atom stereocenters. The molecule has 0 radical (unpaired) electrons. The Morgan fingerprint density at radius 1 is 1.58 bits per heavy atom. The van der Waals surface area contributed by atoms with Gasteiger partial charge in [0.25, 0.3) is 0 Å². The predicted molar refractivity (Wildman–Crippen MR) is 33.2 cm³/mol. The van der Waals surface area contributed by atoms with Gasteiger partial charge in [0.1, 0.15) is 0 Å². The van der Waals surface area contributed by atoms with Gasteiger partial charge in [0.2, 0.25) is 5.91 Å². The molecule has 1 heterocycles. The zero-order valence-corrected chi connectivity index (χ0v) is 6.06. The molecule has 0 aromatic heterocycles. The second-order valence-corrected chi connectivity index (χ2v) is 2.67. The summed E-state index contributed by atoms with van der Waals surface area (Å²) in [7, 11) is 0. The van der Waals surface area contributed by atoms with E-state index in [1.807, 2.05) is 0 Å². The summed E-state index contributed by atoms with van der Waals surface area (Å²) in [6.07, 6.45) is -7.19. The molecule has 1 aliphatic rings. The summed E-state index contributed by atoms with van der Waals surface area (Å²) in [5.74, 6) is -2.05. The summed E-state index contributed by atoms with van der Waals surface area (Å²) in [6.45, 7) is 0.205. The molecule has 1 aliphatic heterocycles. The lowest BCUT2D eigenvalue weighted by Gasteiger charge is -2.18. The number of carbonyl (C=O) groups excluding carboxylic acids is 1. The highest BCUT2D eigenvalue weighted by molar-refractivity contribution is 5.81. The second kappa shape index (κ2) is 2.93. The van der Waals surface area contributed by atoms with Crippen LogP contribution in [0.2, 0.25) is 0 Å². The molecule has 0 bridgehead atoms. The van der Waals surface area contributed by atoms with Crippen LogP contribution in [-0.4, -0.2) is 29.8 Å². The number of carbonyl (C=O) groups is 1. The van der Waals surface area contributed by atoms with Crippen molar-refractivity contribution in [2.24, 2.45) is 5.92 Å². The van der Waals surface area contributed by atoms with E-state index >= 15 is 0 Å². The van der Waals surface area contributed by atoms with E-state index in [9.17, 15) is 18.0 Å². The van der Waals surface area contributed by atoms with Crippen LogP contribution < -0.4 is 5.32 Å². The fourth-order valence-electron chi connectivity index (χ4n) is 1.14. The zero-order valence-electron chi connectivity index (χ0n) is 6.06. The maximum Gasteiger partial charge on any atom is 0.415 e. The van der Waals surface area contributed by atoms with Crippen LogP contribution in [0.25, 0.3) is 0 Å². The Labute approximate surface area is 66.6 Å². The summed E-state index contributed by atoms with van der Waals surface area (Å²) in [4.78, 5) is 10.7. The Bertz CT molecular complexity index is 192. The molecule has 0 aromatic rings. The van der Waals surface area contributed by atoms with Crippen molar-refractivity contribution < 1.29 is 23.1 Å². The number of alkyl halides is 3. The summed E-state index contributed by atoms with van der Waals surface area (Å²) < 4.78 is 35.5. The SMILES string of the molecule is O=C1NCC[C@H]1[C@H](O)C(F)(F)F. The highest BCUT2D eigenvalue weighted by atomic mass is 19.4. The first kappa shape index (κ1) is 9.31. The molecule has 12 heavy (non-hydrogen) atoms. The number of aliphatic hydroxyl groups is 1. The molecular weight excluding hydrogens is 175 g/mol. The van der Waals surface area contributed by atoms with Gasteiger partial charge in [0, 0.05) is 6.54 Å². The van der Waals surface area contributed by atoms with Crippen LogP contribution in [-0.2, 0) is 4.79 Å². The van der Waals surface area contributed by atoms with E-state index in [0.717, 1.165) is 0 Å². The number of hydrogen-bond acceptors (Lipinski definition) is 2. The molecule has 0 aliphatic carbocycles. The Hall–Kier alpha value is -0.780. The van der Waals surface area contributed by atoms with Crippen molar-refractivity contribution in [1.82, 2.24) is 5.32 Å². The lowest BCUT2D eigenvalue weighted by Crippen LogP contribution is -2.39. The Kier molecular flexibility index (Phi) is 2.27. The fraction of sp³-hybridized carbons (Fsp3) is 0.833. The average molecular weight is 183 g/mol. The van der Waals surface area contributed by atoms with Crippen LogP contribution in [0, 0.1) is 5.92 Å². The molecular formula is C6H8F3NO2. The van der Waals surface area contributed by atoms with Gasteiger partial charge in [0.05, 0.1) is 5.92 Å². The molecule has 0 saturated carbocycles. The van der Waals surface area contributed by atoms with Crippen molar-refractivity contribution in [3.63, 3.8) is 0 Å². The molecule has 1 saturated heterocycles. The van der Waals surface area contributed by atoms with Crippen LogP contribution in [0.15, 0.2) is 0 Å². The third-order valence-electron chi connectivity index (χ3n) is 1.81. The van der Waals surface area contributed by atoms with E-state index in [4.69, 9.17) is 5.11 Å². The second-order valence-electron chi connectivity index (χ2n) is 2.67. The number of amides is 1. The quantitative estimate of drug-likeness (QED) is 0.603. The first-order valence-corrected chi connectivity index (χ1v) is 3.45. The number of aliphatic hydroxyl groups excluding tert-OH is 1. The Morgan fingerprint density at radius 2 is 2.17 bits per heavy atom. The molecule has 3 nitrogen and oxygen atoms in total. The maximum absolute atomic E-state index is 11.8. The monoisotopic (exact) mass is 183 g/mol. The van der Waals surface area contributed by atoms with Crippen molar-refractivity contribution in [1.29, 1.82) is 0 Å². The average Bonchev–Trinajstić information content (AvgIpc) is 2.31.